The first kappa shape index (κ1) is 10.7. The largest absolute Gasteiger partial charge is 0.384 e. The Hall–Kier alpha value is -1.85. The van der Waals surface area contributed by atoms with Crippen LogP contribution in [0.4, 0.5) is 11.6 Å². The van der Waals surface area contributed by atoms with Gasteiger partial charge in [0.25, 0.3) is 0 Å². The Kier molecular flexibility index (Phi) is 2.89. The number of nitrogens with two attached hydrogens (primary N) is 2. The molecule has 4 N–H and O–H groups in total. The molecule has 0 bridgehead atoms. The van der Waals surface area contributed by atoms with Gasteiger partial charge >= 0.3 is 0 Å². The Morgan fingerprint density at radius 3 is 2.62 bits per heavy atom. The van der Waals surface area contributed by atoms with Gasteiger partial charge in [0, 0.05) is 25.1 Å². The molecule has 6 nitrogen and oxygen atoms in total. The molecule has 0 unspecified atom stereocenters. The van der Waals surface area contributed by atoms with Crippen LogP contribution in [0.3, 0.4) is 0 Å². The molecule has 0 aliphatic carbocycles. The molecule has 6 heteroatoms. The maximum absolute atomic E-state index is 11.0. The van der Waals surface area contributed by atoms with Gasteiger partial charge in [0.15, 0.2) is 0 Å². The van der Waals surface area contributed by atoms with Crippen molar-refractivity contribution in [1.29, 1.82) is 0 Å². The second-order valence-electron chi connectivity index (χ2n) is 3.96. The highest BCUT2D eigenvalue weighted by atomic mass is 16.1. The van der Waals surface area contributed by atoms with E-state index >= 15 is 0 Å². The van der Waals surface area contributed by atoms with Gasteiger partial charge in [0.1, 0.15) is 18.0 Å². The molecule has 2 heterocycles. The van der Waals surface area contributed by atoms with Crippen LogP contribution >= 0.6 is 0 Å². The number of carbonyl (C=O) groups is 1. The van der Waals surface area contributed by atoms with Gasteiger partial charge in [-0.25, -0.2) is 9.97 Å². The predicted octanol–water partition coefficient (Wildman–Crippen LogP) is -0.240. The van der Waals surface area contributed by atoms with Crippen LogP contribution in [0.2, 0.25) is 0 Å². The third-order valence-electron chi connectivity index (χ3n) is 2.90. The first-order valence-corrected chi connectivity index (χ1v) is 5.28. The summed E-state index contributed by atoms with van der Waals surface area (Å²) in [5.74, 6) is 1.06. The number of rotatable bonds is 2. The smallest absolute Gasteiger partial charge is 0.220 e. The van der Waals surface area contributed by atoms with Crippen molar-refractivity contribution in [2.75, 3.05) is 23.7 Å². The zero-order valence-electron chi connectivity index (χ0n) is 8.97. The number of amides is 1. The molecule has 0 saturated carbocycles. The minimum atomic E-state index is -0.207. The second-order valence-corrected chi connectivity index (χ2v) is 3.96. The average Bonchev–Trinajstić information content (AvgIpc) is 2.29. The Morgan fingerprint density at radius 1 is 1.38 bits per heavy atom. The van der Waals surface area contributed by atoms with Gasteiger partial charge in [-0.05, 0) is 12.8 Å². The van der Waals surface area contributed by atoms with Gasteiger partial charge in [0.2, 0.25) is 5.91 Å². The summed E-state index contributed by atoms with van der Waals surface area (Å²) >= 11 is 0. The standard InChI is InChI=1S/C10H15N5O/c11-8-5-9(14-6-13-8)15-3-1-7(2-4-15)10(12)16/h5-7H,1-4H2,(H2,12,16)(H2,11,13,14). The summed E-state index contributed by atoms with van der Waals surface area (Å²) in [6.45, 7) is 1.56. The molecular weight excluding hydrogens is 206 g/mol. The van der Waals surface area contributed by atoms with Crippen LogP contribution in [0.1, 0.15) is 12.8 Å². The fourth-order valence-corrected chi connectivity index (χ4v) is 1.93. The number of nitrogens with zero attached hydrogens (tertiary/aromatic N) is 3. The summed E-state index contributed by atoms with van der Waals surface area (Å²) in [7, 11) is 0. The van der Waals surface area contributed by atoms with E-state index in [-0.39, 0.29) is 11.8 Å². The van der Waals surface area contributed by atoms with E-state index in [1.54, 1.807) is 6.07 Å². The van der Waals surface area contributed by atoms with Crippen LogP contribution in [0.5, 0.6) is 0 Å². The Bertz CT molecular complexity index is 387. The van der Waals surface area contributed by atoms with Crippen LogP contribution in [-0.4, -0.2) is 29.0 Å². The third-order valence-corrected chi connectivity index (χ3v) is 2.90. The van der Waals surface area contributed by atoms with Crippen molar-refractivity contribution in [1.82, 2.24) is 9.97 Å². The number of anilines is 2. The van der Waals surface area contributed by atoms with Crippen LogP contribution in [0, 0.1) is 5.92 Å². The van der Waals surface area contributed by atoms with E-state index in [0.29, 0.717) is 5.82 Å². The molecule has 0 aromatic carbocycles. The van der Waals surface area contributed by atoms with E-state index in [0.717, 1.165) is 31.7 Å². The molecule has 16 heavy (non-hydrogen) atoms. The lowest BCUT2D eigenvalue weighted by Gasteiger charge is -2.31. The van der Waals surface area contributed by atoms with E-state index in [1.165, 1.54) is 6.33 Å². The van der Waals surface area contributed by atoms with Crippen LogP contribution < -0.4 is 16.4 Å². The van der Waals surface area contributed by atoms with Crippen molar-refractivity contribution < 1.29 is 4.79 Å². The van der Waals surface area contributed by atoms with Crippen molar-refractivity contribution in [2.45, 2.75) is 12.8 Å². The Morgan fingerprint density at radius 2 is 2.06 bits per heavy atom. The minimum absolute atomic E-state index is 0.00423. The van der Waals surface area contributed by atoms with Crippen LogP contribution in [0.25, 0.3) is 0 Å². The number of nitrogen functional groups attached to an aromatic ring is 1. The minimum Gasteiger partial charge on any atom is -0.384 e. The predicted molar refractivity (Wildman–Crippen MR) is 60.6 cm³/mol. The maximum Gasteiger partial charge on any atom is 0.220 e. The summed E-state index contributed by atoms with van der Waals surface area (Å²) in [5.41, 5.74) is 10.9. The lowest BCUT2D eigenvalue weighted by atomic mass is 9.96. The molecule has 2 rings (SSSR count). The number of aromatic nitrogens is 2. The number of piperidine rings is 1. The summed E-state index contributed by atoms with van der Waals surface area (Å²) in [4.78, 5) is 21.1. The molecular formula is C10H15N5O. The highest BCUT2D eigenvalue weighted by Gasteiger charge is 2.23. The van der Waals surface area contributed by atoms with E-state index < -0.39 is 0 Å². The molecule has 1 aliphatic rings. The topological polar surface area (TPSA) is 98.1 Å². The first-order valence-electron chi connectivity index (χ1n) is 5.28. The van der Waals surface area contributed by atoms with Crippen molar-refractivity contribution in [2.24, 2.45) is 11.7 Å². The van der Waals surface area contributed by atoms with Gasteiger partial charge in [0.05, 0.1) is 0 Å². The molecule has 1 saturated heterocycles. The summed E-state index contributed by atoms with van der Waals surface area (Å²) in [6, 6.07) is 1.74. The molecule has 86 valence electrons. The van der Waals surface area contributed by atoms with E-state index in [4.69, 9.17) is 11.5 Å². The zero-order chi connectivity index (χ0) is 11.5. The second kappa shape index (κ2) is 4.34. The number of hydrogen-bond acceptors (Lipinski definition) is 5. The molecule has 1 amide bonds. The molecule has 1 aromatic rings. The van der Waals surface area contributed by atoms with Crippen molar-refractivity contribution >= 4 is 17.5 Å². The van der Waals surface area contributed by atoms with Gasteiger partial charge in [-0.15, -0.1) is 0 Å². The van der Waals surface area contributed by atoms with E-state index in [9.17, 15) is 4.79 Å². The highest BCUT2D eigenvalue weighted by Crippen LogP contribution is 2.21. The van der Waals surface area contributed by atoms with Crippen molar-refractivity contribution in [3.05, 3.63) is 12.4 Å². The maximum atomic E-state index is 11.0. The number of primary amides is 1. The molecule has 1 fully saturated rings. The SMILES string of the molecule is NC(=O)C1CCN(c2cc(N)ncn2)CC1. The highest BCUT2D eigenvalue weighted by molar-refractivity contribution is 5.77. The quantitative estimate of drug-likeness (QED) is 0.718. The lowest BCUT2D eigenvalue weighted by Crippen LogP contribution is -2.38. The number of hydrogen-bond donors (Lipinski definition) is 2. The van der Waals surface area contributed by atoms with Crippen LogP contribution in [-0.2, 0) is 4.79 Å². The van der Waals surface area contributed by atoms with Gasteiger partial charge < -0.3 is 16.4 Å². The van der Waals surface area contributed by atoms with Crippen molar-refractivity contribution in [3.63, 3.8) is 0 Å². The fraction of sp³-hybridized carbons (Fsp3) is 0.500. The molecule has 0 radical (unpaired) electrons. The average molecular weight is 221 g/mol. The summed E-state index contributed by atoms with van der Waals surface area (Å²) in [6.07, 6.45) is 3.00. The first-order chi connectivity index (χ1) is 7.66. The van der Waals surface area contributed by atoms with E-state index in [2.05, 4.69) is 14.9 Å². The molecule has 0 spiro atoms. The van der Waals surface area contributed by atoms with Gasteiger partial charge in [-0.2, -0.15) is 0 Å². The van der Waals surface area contributed by atoms with E-state index in [1.807, 2.05) is 0 Å². The molecule has 0 atom stereocenters. The summed E-state index contributed by atoms with van der Waals surface area (Å²) < 4.78 is 0. The van der Waals surface area contributed by atoms with Gasteiger partial charge in [-0.3, -0.25) is 4.79 Å². The third kappa shape index (κ3) is 2.21. The fourth-order valence-electron chi connectivity index (χ4n) is 1.93. The van der Waals surface area contributed by atoms with Gasteiger partial charge in [-0.1, -0.05) is 0 Å². The van der Waals surface area contributed by atoms with Crippen molar-refractivity contribution in [3.8, 4) is 0 Å². The Labute approximate surface area is 93.7 Å². The zero-order valence-corrected chi connectivity index (χ0v) is 8.97. The Balaban J connectivity index is 2.01. The monoisotopic (exact) mass is 221 g/mol. The number of carbonyl (C=O) groups excluding carboxylic acids is 1. The normalized spacial score (nSPS) is 17.4. The molecule has 1 aromatic heterocycles. The lowest BCUT2D eigenvalue weighted by molar-refractivity contribution is -0.122. The molecule has 1 aliphatic heterocycles. The summed E-state index contributed by atoms with van der Waals surface area (Å²) in [5, 5.41) is 0. The van der Waals surface area contributed by atoms with Crippen LogP contribution in [0.15, 0.2) is 12.4 Å².